The van der Waals surface area contributed by atoms with Gasteiger partial charge in [-0.3, -0.25) is 0 Å². The highest BCUT2D eigenvalue weighted by molar-refractivity contribution is 9.09. The molecule has 0 aromatic carbocycles. The molecule has 0 amide bonds. The van der Waals surface area contributed by atoms with Crippen molar-refractivity contribution < 1.29 is 0 Å². The Hall–Kier alpha value is -0.200. The molecule has 16 heavy (non-hydrogen) atoms. The standard InChI is InChI=1S/C10H17BrN4S/c1-9-12-10(16-13-9)15-5-2-4-14(6-3-11)7-8-15/h2-8H2,1H3. The largest absolute Gasteiger partial charge is 0.346 e. The number of rotatable bonds is 3. The highest BCUT2D eigenvalue weighted by Gasteiger charge is 2.16. The molecule has 2 rings (SSSR count). The quantitative estimate of drug-likeness (QED) is 0.797. The van der Waals surface area contributed by atoms with Crippen LogP contribution in [0.2, 0.25) is 0 Å². The Morgan fingerprint density at radius 1 is 1.31 bits per heavy atom. The molecule has 0 N–H and O–H groups in total. The zero-order valence-electron chi connectivity index (χ0n) is 9.52. The molecule has 2 heterocycles. The number of hydrogen-bond acceptors (Lipinski definition) is 5. The molecular formula is C10H17BrN4S. The third kappa shape index (κ3) is 3.15. The molecule has 1 aliphatic rings. The third-order valence-corrected chi connectivity index (χ3v) is 4.00. The predicted octanol–water partition coefficient (Wildman–Crippen LogP) is 1.75. The average molecular weight is 305 g/mol. The van der Waals surface area contributed by atoms with Gasteiger partial charge in [0.05, 0.1) is 0 Å². The molecule has 1 aromatic rings. The van der Waals surface area contributed by atoms with Crippen LogP contribution in [0.4, 0.5) is 5.13 Å². The lowest BCUT2D eigenvalue weighted by molar-refractivity contribution is 0.313. The van der Waals surface area contributed by atoms with Crippen LogP contribution in [0.1, 0.15) is 12.2 Å². The molecule has 4 nitrogen and oxygen atoms in total. The monoisotopic (exact) mass is 304 g/mol. The summed E-state index contributed by atoms with van der Waals surface area (Å²) in [5.41, 5.74) is 0. The first-order valence-electron chi connectivity index (χ1n) is 5.63. The summed E-state index contributed by atoms with van der Waals surface area (Å²) in [5.74, 6) is 0.890. The van der Waals surface area contributed by atoms with Gasteiger partial charge in [-0.05, 0) is 19.9 Å². The maximum atomic E-state index is 4.45. The van der Waals surface area contributed by atoms with Crippen LogP contribution in [0.15, 0.2) is 0 Å². The first-order chi connectivity index (χ1) is 7.79. The number of nitrogens with zero attached hydrogens (tertiary/aromatic N) is 4. The maximum Gasteiger partial charge on any atom is 0.205 e. The molecule has 90 valence electrons. The lowest BCUT2D eigenvalue weighted by Gasteiger charge is -2.20. The van der Waals surface area contributed by atoms with Crippen molar-refractivity contribution in [3.63, 3.8) is 0 Å². The summed E-state index contributed by atoms with van der Waals surface area (Å²) in [6, 6.07) is 0. The van der Waals surface area contributed by atoms with Gasteiger partial charge in [-0.15, -0.1) is 0 Å². The van der Waals surface area contributed by atoms with Gasteiger partial charge < -0.3 is 9.80 Å². The maximum absolute atomic E-state index is 4.45. The fourth-order valence-corrected chi connectivity index (χ4v) is 3.15. The normalized spacial score (nSPS) is 18.8. The second-order valence-corrected chi connectivity index (χ2v) is 5.52. The Balaban J connectivity index is 1.93. The summed E-state index contributed by atoms with van der Waals surface area (Å²) in [7, 11) is 0. The van der Waals surface area contributed by atoms with Crippen molar-refractivity contribution in [2.45, 2.75) is 13.3 Å². The van der Waals surface area contributed by atoms with Crippen molar-refractivity contribution in [3.05, 3.63) is 5.82 Å². The molecule has 0 spiro atoms. The van der Waals surface area contributed by atoms with E-state index in [4.69, 9.17) is 0 Å². The average Bonchev–Trinajstić information content (AvgIpc) is 2.57. The van der Waals surface area contributed by atoms with Gasteiger partial charge in [0.1, 0.15) is 5.82 Å². The van der Waals surface area contributed by atoms with E-state index >= 15 is 0 Å². The van der Waals surface area contributed by atoms with E-state index in [-0.39, 0.29) is 0 Å². The number of anilines is 1. The Bertz CT molecular complexity index is 330. The molecule has 0 aliphatic carbocycles. The lowest BCUT2D eigenvalue weighted by atomic mass is 10.4. The van der Waals surface area contributed by atoms with Crippen LogP contribution in [0.3, 0.4) is 0 Å². The van der Waals surface area contributed by atoms with Crippen molar-refractivity contribution in [1.82, 2.24) is 14.3 Å². The van der Waals surface area contributed by atoms with Crippen LogP contribution in [-0.4, -0.2) is 52.3 Å². The Morgan fingerprint density at radius 2 is 2.19 bits per heavy atom. The topological polar surface area (TPSA) is 32.3 Å². The van der Waals surface area contributed by atoms with Crippen molar-refractivity contribution in [2.24, 2.45) is 0 Å². The minimum Gasteiger partial charge on any atom is -0.346 e. The van der Waals surface area contributed by atoms with E-state index < -0.39 is 0 Å². The summed E-state index contributed by atoms with van der Waals surface area (Å²) in [6.45, 7) is 7.59. The molecule has 0 saturated carbocycles. The number of halogens is 1. The van der Waals surface area contributed by atoms with Gasteiger partial charge in [-0.25, -0.2) is 4.98 Å². The van der Waals surface area contributed by atoms with Gasteiger partial charge >= 0.3 is 0 Å². The summed E-state index contributed by atoms with van der Waals surface area (Å²) >= 11 is 5.02. The molecular weight excluding hydrogens is 288 g/mol. The second kappa shape index (κ2) is 5.93. The van der Waals surface area contributed by atoms with Crippen LogP contribution in [0.25, 0.3) is 0 Å². The van der Waals surface area contributed by atoms with Crippen LogP contribution in [0, 0.1) is 6.92 Å². The van der Waals surface area contributed by atoms with Gasteiger partial charge in [0.15, 0.2) is 0 Å². The van der Waals surface area contributed by atoms with Gasteiger partial charge in [0.2, 0.25) is 5.13 Å². The molecule has 0 unspecified atom stereocenters. The molecule has 0 bridgehead atoms. The number of aryl methyl sites for hydroxylation is 1. The highest BCUT2D eigenvalue weighted by Crippen LogP contribution is 2.18. The number of aromatic nitrogens is 2. The minimum atomic E-state index is 0.890. The summed E-state index contributed by atoms with van der Waals surface area (Å²) < 4.78 is 4.25. The fourth-order valence-electron chi connectivity index (χ4n) is 1.92. The van der Waals surface area contributed by atoms with Crippen LogP contribution >= 0.6 is 27.5 Å². The van der Waals surface area contributed by atoms with E-state index in [2.05, 4.69) is 35.1 Å². The molecule has 1 fully saturated rings. The Morgan fingerprint density at radius 3 is 2.88 bits per heavy atom. The number of alkyl halides is 1. The predicted molar refractivity (Wildman–Crippen MR) is 71.7 cm³/mol. The summed E-state index contributed by atoms with van der Waals surface area (Å²) in [6.07, 6.45) is 1.21. The van der Waals surface area contributed by atoms with E-state index in [0.29, 0.717) is 0 Å². The molecule has 1 aliphatic heterocycles. The summed E-state index contributed by atoms with van der Waals surface area (Å²) in [4.78, 5) is 9.32. The highest BCUT2D eigenvalue weighted by atomic mass is 79.9. The second-order valence-electron chi connectivity index (χ2n) is 4.00. The zero-order valence-corrected chi connectivity index (χ0v) is 11.9. The van der Waals surface area contributed by atoms with E-state index in [1.165, 1.54) is 24.5 Å². The van der Waals surface area contributed by atoms with Crippen molar-refractivity contribution in [1.29, 1.82) is 0 Å². The molecule has 1 aromatic heterocycles. The smallest absolute Gasteiger partial charge is 0.205 e. The van der Waals surface area contributed by atoms with E-state index in [9.17, 15) is 0 Å². The Labute approximate surface area is 109 Å². The molecule has 6 heteroatoms. The Kier molecular flexibility index (Phi) is 4.55. The summed E-state index contributed by atoms with van der Waals surface area (Å²) in [5, 5.41) is 2.14. The van der Waals surface area contributed by atoms with Crippen LogP contribution in [-0.2, 0) is 0 Å². The van der Waals surface area contributed by atoms with Gasteiger partial charge in [-0.2, -0.15) is 4.37 Å². The molecule has 1 saturated heterocycles. The molecule has 0 atom stereocenters. The third-order valence-electron chi connectivity index (χ3n) is 2.78. The lowest BCUT2D eigenvalue weighted by Crippen LogP contribution is -2.31. The van der Waals surface area contributed by atoms with E-state index in [0.717, 1.165) is 42.5 Å². The zero-order chi connectivity index (χ0) is 11.4. The van der Waals surface area contributed by atoms with Gasteiger partial charge in [0, 0.05) is 43.0 Å². The number of hydrogen-bond donors (Lipinski definition) is 0. The van der Waals surface area contributed by atoms with Gasteiger partial charge in [0.25, 0.3) is 0 Å². The first-order valence-corrected chi connectivity index (χ1v) is 7.52. The SMILES string of the molecule is Cc1nsc(N2CCCN(CCBr)CC2)n1. The van der Waals surface area contributed by atoms with E-state index in [1.54, 1.807) is 0 Å². The van der Waals surface area contributed by atoms with Gasteiger partial charge in [-0.1, -0.05) is 15.9 Å². The molecule has 0 radical (unpaired) electrons. The fraction of sp³-hybridized carbons (Fsp3) is 0.800. The minimum absolute atomic E-state index is 0.890. The van der Waals surface area contributed by atoms with Crippen molar-refractivity contribution >= 4 is 32.6 Å². The van der Waals surface area contributed by atoms with Crippen molar-refractivity contribution in [2.75, 3.05) is 43.0 Å². The first kappa shape index (κ1) is 12.3. The van der Waals surface area contributed by atoms with Crippen LogP contribution in [0.5, 0.6) is 0 Å². The van der Waals surface area contributed by atoms with Crippen molar-refractivity contribution in [3.8, 4) is 0 Å². The van der Waals surface area contributed by atoms with E-state index in [1.807, 2.05) is 6.92 Å². The van der Waals surface area contributed by atoms with Crippen LogP contribution < -0.4 is 4.90 Å².